The molecular weight excluding hydrogens is 815 g/mol. The third-order valence-corrected chi connectivity index (χ3v) is 14.6. The van der Waals surface area contributed by atoms with Crippen LogP contribution in [0.1, 0.15) is 79.1 Å². The second-order valence-electron chi connectivity index (χ2n) is 17.1. The van der Waals surface area contributed by atoms with Gasteiger partial charge in [0.2, 0.25) is 11.8 Å². The molecule has 1 saturated carbocycles. The van der Waals surface area contributed by atoms with Crippen LogP contribution in [0.2, 0.25) is 0 Å². The molecule has 4 aromatic heterocycles. The number of imide groups is 2. The number of rotatable bonds is 11. The quantitative estimate of drug-likeness (QED) is 0.183. The molecule has 0 bridgehead atoms. The summed E-state index contributed by atoms with van der Waals surface area (Å²) in [5.41, 5.74) is 2.93. The van der Waals surface area contributed by atoms with E-state index in [1.54, 1.807) is 24.4 Å². The van der Waals surface area contributed by atoms with Gasteiger partial charge in [-0.05, 0) is 76.1 Å². The van der Waals surface area contributed by atoms with Gasteiger partial charge in [-0.1, -0.05) is 0 Å². The molecule has 0 radical (unpaired) electrons. The van der Waals surface area contributed by atoms with Crippen LogP contribution in [0.15, 0.2) is 55.1 Å². The first kappa shape index (κ1) is 39.8. The molecule has 0 spiro atoms. The zero-order valence-corrected chi connectivity index (χ0v) is 35.3. The predicted molar refractivity (Wildman–Crippen MR) is 228 cm³/mol. The highest BCUT2D eigenvalue weighted by atomic mass is 32.2. The number of amides is 4. The highest BCUT2D eigenvalue weighted by molar-refractivity contribution is 7.90. The Labute approximate surface area is 357 Å². The predicted octanol–water partition coefficient (Wildman–Crippen LogP) is 3.19. The number of carbonyl (C=O) groups excluding carboxylic acids is 4. The molecule has 322 valence electrons. The Kier molecular flexibility index (Phi) is 10.0. The average Bonchev–Trinajstić information content (AvgIpc) is 3.81. The fourth-order valence-corrected chi connectivity index (χ4v) is 10.5. The Morgan fingerprint density at radius 3 is 2.35 bits per heavy atom. The maximum atomic E-state index is 13.4. The number of piperazine rings is 1. The van der Waals surface area contributed by atoms with Crippen LogP contribution < -0.4 is 20.4 Å². The van der Waals surface area contributed by atoms with Gasteiger partial charge in [0.05, 0.1) is 45.2 Å². The third kappa shape index (κ3) is 7.33. The Morgan fingerprint density at radius 1 is 0.839 bits per heavy atom. The molecule has 10 rings (SSSR count). The molecule has 1 aliphatic carbocycles. The average molecular weight is 862 g/mol. The lowest BCUT2D eigenvalue weighted by molar-refractivity contribution is -0.136. The minimum atomic E-state index is -3.50. The van der Waals surface area contributed by atoms with Crippen LogP contribution in [0, 0.1) is 5.92 Å². The molecule has 4 amide bonds. The number of hydrogen-bond donors (Lipinski definition) is 2. The van der Waals surface area contributed by atoms with Crippen molar-refractivity contribution in [1.29, 1.82) is 0 Å². The molecule has 1 unspecified atom stereocenters. The fourth-order valence-electron chi connectivity index (χ4n) is 9.03. The third-order valence-electron chi connectivity index (χ3n) is 12.6. The van der Waals surface area contributed by atoms with Crippen molar-refractivity contribution in [3.63, 3.8) is 0 Å². The van der Waals surface area contributed by atoms with Crippen LogP contribution in [0.5, 0.6) is 0 Å². The molecule has 5 aliphatic rings. The van der Waals surface area contributed by atoms with Crippen LogP contribution in [0.3, 0.4) is 0 Å². The van der Waals surface area contributed by atoms with Crippen molar-refractivity contribution >= 4 is 67.7 Å². The van der Waals surface area contributed by atoms with Gasteiger partial charge < -0.3 is 15.1 Å². The number of carbonyl (C=O) groups is 4. The van der Waals surface area contributed by atoms with Gasteiger partial charge in [-0.25, -0.2) is 23.4 Å². The lowest BCUT2D eigenvalue weighted by Crippen LogP contribution is -2.54. The van der Waals surface area contributed by atoms with E-state index in [9.17, 15) is 27.6 Å². The number of benzene rings is 1. The Morgan fingerprint density at radius 2 is 1.61 bits per heavy atom. The molecule has 20 heteroatoms. The summed E-state index contributed by atoms with van der Waals surface area (Å²) in [5.74, 6) is 0.935. The molecule has 1 aromatic carbocycles. The molecule has 1 atom stereocenters. The number of piperidine rings is 2. The van der Waals surface area contributed by atoms with Gasteiger partial charge in [-0.2, -0.15) is 14.3 Å². The Bertz CT molecular complexity index is 2730. The minimum Gasteiger partial charge on any atom is -0.369 e. The van der Waals surface area contributed by atoms with Crippen molar-refractivity contribution in [2.75, 3.05) is 60.9 Å². The first-order chi connectivity index (χ1) is 29.9. The summed E-state index contributed by atoms with van der Waals surface area (Å²) in [6.07, 6.45) is 9.99. The largest absolute Gasteiger partial charge is 0.369 e. The van der Waals surface area contributed by atoms with Gasteiger partial charge in [0, 0.05) is 82.4 Å². The number of nitrogens with zero attached hydrogens (tertiary/aromatic N) is 11. The molecule has 19 nitrogen and oxygen atoms in total. The van der Waals surface area contributed by atoms with Gasteiger partial charge in [-0.15, -0.1) is 0 Å². The Hall–Kier alpha value is -6.28. The van der Waals surface area contributed by atoms with Crippen molar-refractivity contribution < 1.29 is 27.6 Å². The molecule has 5 aromatic rings. The van der Waals surface area contributed by atoms with Crippen molar-refractivity contribution in [2.24, 2.45) is 5.92 Å². The van der Waals surface area contributed by atoms with E-state index in [-0.39, 0.29) is 29.7 Å². The summed E-state index contributed by atoms with van der Waals surface area (Å²) in [6, 6.07) is 8.17. The molecule has 3 saturated heterocycles. The van der Waals surface area contributed by atoms with E-state index in [1.165, 1.54) is 12.4 Å². The normalized spacial score (nSPS) is 20.4. The highest BCUT2D eigenvalue weighted by Gasteiger charge is 2.45. The van der Waals surface area contributed by atoms with Gasteiger partial charge in [0.25, 0.3) is 21.8 Å². The van der Waals surface area contributed by atoms with E-state index in [1.807, 2.05) is 23.0 Å². The number of fused-ring (bicyclic) bond motifs is 2. The SMILES string of the molecule is CC(C)n1nc(N2CCC(CN3CCN(c4ccc5c(c4)C(=O)N(C4CCC(=O)NC4=O)C5=O)CC3)CC2)c2cnc(Nc3ccnc(-c4cnn(S(=O)(=O)C5CC5)c4)n3)cc21. The number of aromatic nitrogens is 7. The fraction of sp³-hybridized carbons (Fsp3) is 0.452. The second kappa shape index (κ2) is 15.6. The summed E-state index contributed by atoms with van der Waals surface area (Å²) in [5, 5.41) is 15.3. The topological polar surface area (TPSA) is 214 Å². The van der Waals surface area contributed by atoms with Crippen LogP contribution in [0.25, 0.3) is 22.3 Å². The second-order valence-corrected chi connectivity index (χ2v) is 19.2. The molecule has 2 N–H and O–H groups in total. The van der Waals surface area contributed by atoms with Gasteiger partial charge in [-0.3, -0.25) is 39.0 Å². The van der Waals surface area contributed by atoms with Gasteiger partial charge >= 0.3 is 0 Å². The van der Waals surface area contributed by atoms with E-state index >= 15 is 0 Å². The molecule has 4 aliphatic heterocycles. The maximum absolute atomic E-state index is 13.4. The molecule has 62 heavy (non-hydrogen) atoms. The number of nitrogens with one attached hydrogen (secondary N) is 2. The summed E-state index contributed by atoms with van der Waals surface area (Å²) >= 11 is 0. The minimum absolute atomic E-state index is 0.0859. The van der Waals surface area contributed by atoms with Crippen LogP contribution in [-0.4, -0.2) is 133 Å². The lowest BCUT2D eigenvalue weighted by Gasteiger charge is -2.39. The van der Waals surface area contributed by atoms with E-state index in [0.717, 1.165) is 90.1 Å². The smallest absolute Gasteiger partial charge is 0.262 e. The highest BCUT2D eigenvalue weighted by Crippen LogP contribution is 2.35. The van der Waals surface area contributed by atoms with Crippen molar-refractivity contribution in [2.45, 2.75) is 69.7 Å². The first-order valence-electron chi connectivity index (χ1n) is 21.3. The number of pyridine rings is 1. The van der Waals surface area contributed by atoms with Crippen molar-refractivity contribution in [1.82, 2.24) is 49.0 Å². The molecule has 8 heterocycles. The van der Waals surface area contributed by atoms with Crippen LogP contribution in [0.4, 0.5) is 23.1 Å². The zero-order valence-electron chi connectivity index (χ0n) is 34.5. The standard InChI is InChI=1S/C42H47N13O6S/c1-25(2)55-34-20-36(46-35-9-12-43-38(47-35)27-21-45-53(24-27)62(60,61)29-4-5-29)44-22-32(34)39(49-55)52-13-10-26(11-14-52)23-50-15-17-51(18-16-50)28-3-6-30-31(19-28)42(59)54(41(30)58)33-7-8-37(56)48-40(33)57/h3,6,9,12,19-22,24-26,29,33H,4-5,7-8,10-11,13-18,23H2,1-2H3,(H,48,56,57)(H,43,44,46,47). The van der Waals surface area contributed by atoms with E-state index in [4.69, 9.17) is 10.1 Å². The number of hydrogen-bond acceptors (Lipinski definition) is 15. The van der Waals surface area contributed by atoms with Crippen LogP contribution in [-0.2, 0) is 19.6 Å². The maximum Gasteiger partial charge on any atom is 0.262 e. The first-order valence-corrected chi connectivity index (χ1v) is 22.8. The summed E-state index contributed by atoms with van der Waals surface area (Å²) in [6.45, 7) is 10.3. The van der Waals surface area contributed by atoms with Gasteiger partial charge in [0.15, 0.2) is 11.6 Å². The molecule has 4 fully saturated rings. The number of anilines is 4. The van der Waals surface area contributed by atoms with Crippen LogP contribution >= 0.6 is 0 Å². The van der Waals surface area contributed by atoms with E-state index in [2.05, 4.69) is 54.2 Å². The summed E-state index contributed by atoms with van der Waals surface area (Å²) in [7, 11) is -3.50. The molecular formula is C42H47N13O6S. The van der Waals surface area contributed by atoms with Gasteiger partial charge in [0.1, 0.15) is 17.7 Å². The zero-order chi connectivity index (χ0) is 42.9. The van der Waals surface area contributed by atoms with Crippen molar-refractivity contribution in [3.05, 3.63) is 66.2 Å². The summed E-state index contributed by atoms with van der Waals surface area (Å²) in [4.78, 5) is 72.6. The van der Waals surface area contributed by atoms with Crippen molar-refractivity contribution in [3.8, 4) is 11.4 Å². The van der Waals surface area contributed by atoms with E-state index < -0.39 is 39.7 Å². The summed E-state index contributed by atoms with van der Waals surface area (Å²) < 4.78 is 28.4. The Balaban J connectivity index is 0.748. The van der Waals surface area contributed by atoms with E-state index in [0.29, 0.717) is 47.3 Å². The monoisotopic (exact) mass is 861 g/mol. The lowest BCUT2D eigenvalue weighted by atomic mass is 9.95.